The summed E-state index contributed by atoms with van der Waals surface area (Å²) in [7, 11) is 0. The van der Waals surface area contributed by atoms with Crippen LogP contribution in [0.2, 0.25) is 4.71 Å². The fourth-order valence-corrected chi connectivity index (χ4v) is 7.70. The third-order valence-corrected chi connectivity index (χ3v) is 10.1. The van der Waals surface area contributed by atoms with Crippen molar-refractivity contribution in [2.24, 2.45) is 0 Å². The molecule has 4 rings (SSSR count). The third kappa shape index (κ3) is 6.75. The van der Waals surface area contributed by atoms with Crippen molar-refractivity contribution in [1.29, 1.82) is 0 Å². The van der Waals surface area contributed by atoms with Crippen molar-refractivity contribution in [3.05, 3.63) is 71.0 Å². The summed E-state index contributed by atoms with van der Waals surface area (Å²) in [5, 5.41) is 13.0. The summed E-state index contributed by atoms with van der Waals surface area (Å²) in [5.41, 5.74) is 0.0790. The van der Waals surface area contributed by atoms with E-state index in [1.54, 1.807) is 0 Å². The van der Waals surface area contributed by atoms with Crippen molar-refractivity contribution in [1.82, 2.24) is 10.2 Å². The number of aliphatic hydroxyl groups is 1. The first-order valence-electron chi connectivity index (χ1n) is 12.0. The van der Waals surface area contributed by atoms with E-state index in [0.29, 0.717) is 25.0 Å². The Balaban J connectivity index is 1.23. The number of likely N-dealkylation sites (tertiary alicyclic amines) is 1. The Morgan fingerprint density at radius 1 is 1.03 bits per heavy atom. The summed E-state index contributed by atoms with van der Waals surface area (Å²) in [5.74, 6) is -0.564. The van der Waals surface area contributed by atoms with Gasteiger partial charge in [0.05, 0.1) is 0 Å². The monoisotopic (exact) mass is 568 g/mol. The van der Waals surface area contributed by atoms with Crippen LogP contribution < -0.4 is 5.32 Å². The van der Waals surface area contributed by atoms with E-state index in [2.05, 4.69) is 10.2 Å². The Morgan fingerprint density at radius 2 is 1.72 bits per heavy atom. The number of rotatable bonds is 7. The molecule has 1 aliphatic carbocycles. The molecule has 2 aromatic rings. The Labute approximate surface area is 213 Å². The van der Waals surface area contributed by atoms with Gasteiger partial charge in [0.15, 0.2) is 0 Å². The third-order valence-electron chi connectivity index (χ3n) is 7.08. The first-order chi connectivity index (χ1) is 17.1. The summed E-state index contributed by atoms with van der Waals surface area (Å²) < 4.78 is 51.5. The molecule has 1 amide bonds. The minimum absolute atomic E-state index is 0.127. The summed E-state index contributed by atoms with van der Waals surface area (Å²) in [6, 6.07) is 11.1. The zero-order valence-corrected chi connectivity index (χ0v) is 21.7. The summed E-state index contributed by atoms with van der Waals surface area (Å²) in [6.07, 6.45) is -1.22. The van der Waals surface area contributed by atoms with Crippen molar-refractivity contribution in [3.8, 4) is 0 Å². The molecule has 36 heavy (non-hydrogen) atoms. The molecule has 2 fully saturated rings. The van der Waals surface area contributed by atoms with Gasteiger partial charge in [-0.2, -0.15) is 0 Å². The van der Waals surface area contributed by atoms with Crippen LogP contribution in [-0.4, -0.2) is 68.0 Å². The van der Waals surface area contributed by atoms with Gasteiger partial charge in [-0.15, -0.1) is 0 Å². The topological polar surface area (TPSA) is 69.6 Å². The van der Waals surface area contributed by atoms with Crippen LogP contribution >= 0.6 is 0 Å². The quantitative estimate of drug-likeness (QED) is 0.395. The van der Waals surface area contributed by atoms with Gasteiger partial charge in [-0.1, -0.05) is 0 Å². The van der Waals surface area contributed by atoms with E-state index < -0.39 is 39.5 Å². The van der Waals surface area contributed by atoms with Crippen molar-refractivity contribution >= 4 is 26.2 Å². The van der Waals surface area contributed by atoms with Crippen LogP contribution in [0.4, 0.5) is 17.6 Å². The minimum atomic E-state index is -4.55. The average Bonchev–Trinajstić information content (AvgIpc) is 3.22. The second kappa shape index (κ2) is 11.4. The predicted molar refractivity (Wildman–Crippen MR) is 129 cm³/mol. The summed E-state index contributed by atoms with van der Waals surface area (Å²) in [6.45, 7) is 0.908. The number of β-amino-alcohol motifs (C(OH)–C–C–N with tert-alkyl or cyclic N) is 1. The van der Waals surface area contributed by atoms with Crippen LogP contribution in [0.25, 0.3) is 0 Å². The number of nitrogens with one attached hydrogen (secondary N) is 1. The van der Waals surface area contributed by atoms with Gasteiger partial charge in [0.2, 0.25) is 0 Å². The zero-order valence-electron chi connectivity index (χ0n) is 19.6. The molecule has 1 heterocycles. The van der Waals surface area contributed by atoms with Crippen LogP contribution in [0, 0.1) is 5.82 Å². The number of benzene rings is 2. The number of carbonyl (C=O) groups excluding carboxylic acids is 2. The summed E-state index contributed by atoms with van der Waals surface area (Å²) >= 11 is -1.23. The molecule has 3 atom stereocenters. The van der Waals surface area contributed by atoms with Crippen molar-refractivity contribution < 1.29 is 32.3 Å². The predicted octanol–water partition coefficient (Wildman–Crippen LogP) is 3.73. The molecule has 0 spiro atoms. The Bertz CT molecular complexity index is 1070. The van der Waals surface area contributed by atoms with Crippen molar-refractivity contribution in [2.75, 3.05) is 19.6 Å². The van der Waals surface area contributed by atoms with Crippen LogP contribution in [0.5, 0.6) is 0 Å². The zero-order chi connectivity index (χ0) is 25.9. The Morgan fingerprint density at radius 3 is 2.39 bits per heavy atom. The first kappa shape index (κ1) is 26.8. The molecule has 1 saturated heterocycles. The van der Waals surface area contributed by atoms with Crippen LogP contribution in [0.1, 0.15) is 53.1 Å². The molecular formula is C26H29AsF4N2O3. The fraction of sp³-hybridized carbons (Fsp3) is 0.462. The molecule has 2 N–H and O–H groups in total. The number of alkyl halides is 3. The second-order valence-corrected chi connectivity index (χ2v) is 12.8. The number of hydrogen-bond acceptors (Lipinski definition) is 4. The maximum absolute atomic E-state index is 13.2. The molecule has 0 aromatic heterocycles. The van der Waals surface area contributed by atoms with Gasteiger partial charge in [0.1, 0.15) is 0 Å². The number of halogens is 4. The van der Waals surface area contributed by atoms with E-state index in [1.165, 1.54) is 18.2 Å². The molecule has 1 aliphatic heterocycles. The van der Waals surface area contributed by atoms with E-state index in [9.17, 15) is 32.3 Å². The van der Waals surface area contributed by atoms with Crippen LogP contribution in [0.3, 0.4) is 0 Å². The number of amides is 1. The van der Waals surface area contributed by atoms with E-state index in [-0.39, 0.29) is 27.2 Å². The van der Waals surface area contributed by atoms with E-state index in [0.717, 1.165) is 49.4 Å². The van der Waals surface area contributed by atoms with Gasteiger partial charge in [-0.25, -0.2) is 0 Å². The fourth-order valence-electron chi connectivity index (χ4n) is 5.12. The number of aliphatic hydroxyl groups excluding tert-OH is 1. The molecule has 194 valence electrons. The van der Waals surface area contributed by atoms with Crippen LogP contribution in [-0.2, 0) is 11.0 Å². The van der Waals surface area contributed by atoms with E-state index >= 15 is 0 Å². The molecule has 10 heteroatoms. The average molecular weight is 568 g/mol. The molecule has 5 nitrogen and oxygen atoms in total. The molecule has 0 bridgehead atoms. The number of nitrogens with zero attached hydrogens (tertiary/aromatic N) is 1. The van der Waals surface area contributed by atoms with Gasteiger partial charge < -0.3 is 0 Å². The standard InChI is InChI=1S/C26H29AsF4N2O3/c28-20-8-4-16(5-9-20)17-6-10-21(11-7-17)33-14-22(23(34)15-33)27-24(35)13-32-25(36)18-2-1-3-19(12-18)26(29,30)31/h1-5,8-9,12,17,21-23,27,34H,6-7,10-11,13-15H2,(H,32,36)/t17?,21?,22-,23-/m0/s1. The van der Waals surface area contributed by atoms with E-state index in [4.69, 9.17) is 0 Å². The van der Waals surface area contributed by atoms with Gasteiger partial charge in [-0.3, -0.25) is 0 Å². The van der Waals surface area contributed by atoms with Gasteiger partial charge >= 0.3 is 214 Å². The molecule has 1 unspecified atom stereocenters. The molecule has 1 saturated carbocycles. The normalized spacial score (nSPS) is 25.4. The maximum atomic E-state index is 13.2. The van der Waals surface area contributed by atoms with Crippen molar-refractivity contribution in [3.63, 3.8) is 0 Å². The number of hydrogen-bond donors (Lipinski definition) is 2. The second-order valence-electron chi connectivity index (χ2n) is 9.51. The molecular weight excluding hydrogens is 539 g/mol. The summed E-state index contributed by atoms with van der Waals surface area (Å²) in [4.78, 5) is 27.0. The first-order valence-corrected chi connectivity index (χ1v) is 14.3. The van der Waals surface area contributed by atoms with Gasteiger partial charge in [0.25, 0.3) is 0 Å². The molecule has 0 radical (unpaired) electrons. The number of carbonyl (C=O) groups is 2. The van der Waals surface area contributed by atoms with Crippen molar-refractivity contribution in [2.45, 2.75) is 54.6 Å². The van der Waals surface area contributed by atoms with Gasteiger partial charge in [0, 0.05) is 0 Å². The van der Waals surface area contributed by atoms with Crippen LogP contribution in [0.15, 0.2) is 48.5 Å². The van der Waals surface area contributed by atoms with Gasteiger partial charge in [-0.05, 0) is 0 Å². The molecule has 2 aromatic carbocycles. The Hall–Kier alpha value is -2.22. The van der Waals surface area contributed by atoms with E-state index in [1.807, 2.05) is 12.1 Å². The SMILES string of the molecule is O=C(CNC(=O)c1cccc(C(F)(F)F)c1)[AsH][C@H]1CN(C2CCC(c3ccc(F)cc3)CC2)C[C@@H]1O. The molecule has 2 aliphatic rings. The Kier molecular flexibility index (Phi) is 8.53.